The Bertz CT molecular complexity index is 669. The van der Waals surface area contributed by atoms with E-state index in [9.17, 15) is 0 Å². The van der Waals surface area contributed by atoms with Crippen molar-refractivity contribution in [3.63, 3.8) is 0 Å². The molecule has 0 bridgehead atoms. The number of nitrogens with zero attached hydrogens (tertiary/aromatic N) is 2. The lowest BCUT2D eigenvalue weighted by atomic mass is 9.96. The molecule has 0 N–H and O–H groups in total. The van der Waals surface area contributed by atoms with Crippen LogP contribution in [0.1, 0.15) is 61.8 Å². The molecule has 0 spiro atoms. The van der Waals surface area contributed by atoms with Gasteiger partial charge in [-0.25, -0.2) is 0 Å². The van der Waals surface area contributed by atoms with E-state index in [0.717, 1.165) is 25.4 Å². The van der Waals surface area contributed by atoms with Gasteiger partial charge in [-0.05, 0) is 61.1 Å². The summed E-state index contributed by atoms with van der Waals surface area (Å²) in [5, 5.41) is 0. The Hall–Kier alpha value is -1.87. The summed E-state index contributed by atoms with van der Waals surface area (Å²) in [6.07, 6.45) is 7.66. The van der Waals surface area contributed by atoms with Crippen LogP contribution in [-0.2, 0) is 0 Å². The predicted octanol–water partition coefficient (Wildman–Crippen LogP) is 5.12. The van der Waals surface area contributed by atoms with E-state index < -0.39 is 0 Å². The summed E-state index contributed by atoms with van der Waals surface area (Å²) < 4.78 is 6.21. The van der Waals surface area contributed by atoms with Gasteiger partial charge in [-0.2, -0.15) is 0 Å². The predicted molar refractivity (Wildman–Crippen MR) is 103 cm³/mol. The molecule has 0 amide bonds. The highest BCUT2D eigenvalue weighted by molar-refractivity contribution is 5.39. The second-order valence-corrected chi connectivity index (χ2v) is 7.38. The summed E-state index contributed by atoms with van der Waals surface area (Å²) in [5.74, 6) is 1.53. The number of aromatic nitrogens is 1. The first kappa shape index (κ1) is 17.9. The zero-order valence-electron chi connectivity index (χ0n) is 15.7. The first-order chi connectivity index (χ1) is 12.1. The van der Waals surface area contributed by atoms with Gasteiger partial charge in [0.15, 0.2) is 0 Å². The molecular weight excluding hydrogens is 308 g/mol. The van der Waals surface area contributed by atoms with Crippen molar-refractivity contribution >= 4 is 0 Å². The fourth-order valence-electron chi connectivity index (χ4n) is 3.73. The summed E-state index contributed by atoms with van der Waals surface area (Å²) in [6.45, 7) is 9.42. The van der Waals surface area contributed by atoms with Gasteiger partial charge in [-0.3, -0.25) is 9.88 Å². The second-order valence-electron chi connectivity index (χ2n) is 7.38. The lowest BCUT2D eigenvalue weighted by molar-refractivity contribution is 0.123. The van der Waals surface area contributed by atoms with Crippen LogP contribution in [0.15, 0.2) is 42.7 Å². The number of rotatable bonds is 6. The zero-order valence-corrected chi connectivity index (χ0v) is 15.7. The van der Waals surface area contributed by atoms with Crippen LogP contribution in [0.3, 0.4) is 0 Å². The lowest BCUT2D eigenvalue weighted by Gasteiger charge is -2.35. The highest BCUT2D eigenvalue weighted by Gasteiger charge is 2.23. The van der Waals surface area contributed by atoms with Crippen molar-refractivity contribution in [3.05, 3.63) is 59.4 Å². The molecule has 1 fully saturated rings. The van der Waals surface area contributed by atoms with Crippen LogP contribution in [0.2, 0.25) is 0 Å². The van der Waals surface area contributed by atoms with Crippen LogP contribution >= 0.6 is 0 Å². The molecule has 2 heterocycles. The Kier molecular flexibility index (Phi) is 6.09. The van der Waals surface area contributed by atoms with Crippen molar-refractivity contribution in [1.29, 1.82) is 0 Å². The Morgan fingerprint density at radius 1 is 1.24 bits per heavy atom. The molecule has 1 aliphatic rings. The molecular formula is C22H30N2O. The van der Waals surface area contributed by atoms with E-state index in [-0.39, 0.29) is 0 Å². The van der Waals surface area contributed by atoms with E-state index >= 15 is 0 Å². The number of piperidine rings is 1. The highest BCUT2D eigenvalue weighted by atomic mass is 16.5. The minimum atomic E-state index is 0.480. The summed E-state index contributed by atoms with van der Waals surface area (Å²) >= 11 is 0. The zero-order chi connectivity index (χ0) is 17.6. The first-order valence-corrected chi connectivity index (χ1v) is 9.52. The van der Waals surface area contributed by atoms with Gasteiger partial charge in [0.25, 0.3) is 0 Å². The van der Waals surface area contributed by atoms with Crippen LogP contribution in [0.5, 0.6) is 5.75 Å². The maximum atomic E-state index is 6.21. The van der Waals surface area contributed by atoms with E-state index in [4.69, 9.17) is 4.74 Å². The van der Waals surface area contributed by atoms with E-state index in [0.29, 0.717) is 12.0 Å². The monoisotopic (exact) mass is 338 g/mol. The maximum Gasteiger partial charge on any atom is 0.123 e. The standard InChI is InChI=1S/C22H30N2O/c1-17(2)20-10-9-18(3)15-22(20)25-14-13-24-12-5-4-8-21(24)19-7-6-11-23-16-19/h6-7,9-11,15-17,21H,4-5,8,12-14H2,1-3H3/t21-/m1/s1. The molecule has 3 heteroatoms. The number of likely N-dealkylation sites (tertiary alicyclic amines) is 1. The third-order valence-electron chi connectivity index (χ3n) is 5.11. The molecule has 0 radical (unpaired) electrons. The highest BCUT2D eigenvalue weighted by Crippen LogP contribution is 2.31. The topological polar surface area (TPSA) is 25.4 Å². The van der Waals surface area contributed by atoms with E-state index in [2.05, 4.69) is 54.9 Å². The first-order valence-electron chi connectivity index (χ1n) is 9.52. The van der Waals surface area contributed by atoms with Crippen LogP contribution < -0.4 is 4.74 Å². The molecule has 3 nitrogen and oxygen atoms in total. The third kappa shape index (κ3) is 4.60. The minimum Gasteiger partial charge on any atom is -0.492 e. The molecule has 1 atom stereocenters. The van der Waals surface area contributed by atoms with Crippen LogP contribution in [-0.4, -0.2) is 29.6 Å². The molecule has 2 aromatic rings. The van der Waals surface area contributed by atoms with Gasteiger partial charge in [0, 0.05) is 25.0 Å². The lowest BCUT2D eigenvalue weighted by Crippen LogP contribution is -2.36. The summed E-state index contributed by atoms with van der Waals surface area (Å²) in [5.41, 5.74) is 3.89. The molecule has 1 saturated heterocycles. The van der Waals surface area contributed by atoms with E-state index in [1.807, 2.05) is 18.5 Å². The smallest absolute Gasteiger partial charge is 0.123 e. The van der Waals surface area contributed by atoms with Gasteiger partial charge in [0.1, 0.15) is 12.4 Å². The molecule has 25 heavy (non-hydrogen) atoms. The molecule has 1 aliphatic heterocycles. The minimum absolute atomic E-state index is 0.480. The molecule has 1 aromatic carbocycles. The van der Waals surface area contributed by atoms with Crippen molar-refractivity contribution < 1.29 is 4.74 Å². The quantitative estimate of drug-likeness (QED) is 0.731. The number of hydrogen-bond acceptors (Lipinski definition) is 3. The molecule has 0 unspecified atom stereocenters. The number of aryl methyl sites for hydroxylation is 1. The fraction of sp³-hybridized carbons (Fsp3) is 0.500. The summed E-state index contributed by atoms with van der Waals surface area (Å²) in [4.78, 5) is 6.87. The molecule has 134 valence electrons. The molecule has 0 saturated carbocycles. The van der Waals surface area contributed by atoms with Crippen LogP contribution in [0.25, 0.3) is 0 Å². The van der Waals surface area contributed by atoms with Crippen LogP contribution in [0, 0.1) is 6.92 Å². The molecule has 3 rings (SSSR count). The number of pyridine rings is 1. The molecule has 1 aromatic heterocycles. The van der Waals surface area contributed by atoms with Crippen molar-refractivity contribution in [2.24, 2.45) is 0 Å². The maximum absolute atomic E-state index is 6.21. The Morgan fingerprint density at radius 3 is 2.88 bits per heavy atom. The number of hydrogen-bond donors (Lipinski definition) is 0. The van der Waals surface area contributed by atoms with Crippen molar-refractivity contribution in [2.75, 3.05) is 19.7 Å². The van der Waals surface area contributed by atoms with Gasteiger partial charge in [0.05, 0.1) is 0 Å². The van der Waals surface area contributed by atoms with Gasteiger partial charge >= 0.3 is 0 Å². The van der Waals surface area contributed by atoms with E-state index in [1.165, 1.54) is 36.0 Å². The average Bonchev–Trinajstić information content (AvgIpc) is 2.63. The van der Waals surface area contributed by atoms with Crippen molar-refractivity contribution in [2.45, 2.75) is 52.0 Å². The Balaban J connectivity index is 1.64. The van der Waals surface area contributed by atoms with Crippen LogP contribution in [0.4, 0.5) is 0 Å². The number of ether oxygens (including phenoxy) is 1. The normalized spacial score (nSPS) is 18.5. The van der Waals surface area contributed by atoms with Gasteiger partial charge in [-0.15, -0.1) is 0 Å². The Labute approximate surface area is 152 Å². The largest absolute Gasteiger partial charge is 0.492 e. The second kappa shape index (κ2) is 8.48. The average molecular weight is 338 g/mol. The van der Waals surface area contributed by atoms with Gasteiger partial charge < -0.3 is 4.74 Å². The van der Waals surface area contributed by atoms with Gasteiger partial charge in [0.2, 0.25) is 0 Å². The molecule has 0 aliphatic carbocycles. The summed E-state index contributed by atoms with van der Waals surface area (Å²) in [7, 11) is 0. The fourth-order valence-corrected chi connectivity index (χ4v) is 3.73. The number of benzene rings is 1. The van der Waals surface area contributed by atoms with Gasteiger partial charge in [-0.1, -0.05) is 38.5 Å². The Morgan fingerprint density at radius 2 is 2.12 bits per heavy atom. The van der Waals surface area contributed by atoms with Crippen molar-refractivity contribution in [3.8, 4) is 5.75 Å². The summed E-state index contributed by atoms with van der Waals surface area (Å²) in [6, 6.07) is 11.3. The van der Waals surface area contributed by atoms with E-state index in [1.54, 1.807) is 0 Å². The third-order valence-corrected chi connectivity index (χ3v) is 5.11. The van der Waals surface area contributed by atoms with Crippen molar-refractivity contribution in [1.82, 2.24) is 9.88 Å². The SMILES string of the molecule is Cc1ccc(C(C)C)c(OCCN2CCCC[C@@H]2c2cccnc2)c1.